The average molecular weight is 318 g/mol. The lowest BCUT2D eigenvalue weighted by molar-refractivity contribution is -0.129. The number of piperidine rings is 1. The molecule has 1 fully saturated rings. The molecular weight excluding hydrogens is 301 g/mol. The number of nitrogens with zero attached hydrogens (tertiary/aromatic N) is 2. The van der Waals surface area contributed by atoms with Crippen molar-refractivity contribution in [3.63, 3.8) is 0 Å². The zero-order chi connectivity index (χ0) is 14.7. The maximum absolute atomic E-state index is 11.0. The Hall–Kier alpha value is -0.880. The summed E-state index contributed by atoms with van der Waals surface area (Å²) in [5.74, 6) is -0.705. The van der Waals surface area contributed by atoms with Crippen LogP contribution in [0.2, 0.25) is 10.0 Å². The molecule has 1 aliphatic rings. The van der Waals surface area contributed by atoms with Crippen molar-refractivity contribution in [3.05, 3.63) is 28.0 Å². The summed E-state index contributed by atoms with van der Waals surface area (Å²) in [6.45, 7) is 2.18. The van der Waals surface area contributed by atoms with Gasteiger partial charge in [-0.3, -0.25) is 14.7 Å². The molecule has 5 nitrogen and oxygen atoms in total. The Bertz CT molecular complexity index is 491. The monoisotopic (exact) mass is 317 g/mol. The number of carbonyl (C=O) groups is 1. The standard InChI is InChI=1S/C13H17Cl2N3O2/c14-9-5-10(15)11(17-6-9)7-18-3-1-8(2-4-18)12(19)13(16)20/h5-6,8,12,19H,1-4,7H2,(H2,16,20). The Morgan fingerprint density at radius 1 is 1.50 bits per heavy atom. The quantitative estimate of drug-likeness (QED) is 0.880. The zero-order valence-electron chi connectivity index (χ0n) is 10.9. The van der Waals surface area contributed by atoms with Gasteiger partial charge in [0.1, 0.15) is 6.10 Å². The fourth-order valence-corrected chi connectivity index (χ4v) is 2.87. The van der Waals surface area contributed by atoms with E-state index in [1.807, 2.05) is 0 Å². The largest absolute Gasteiger partial charge is 0.383 e. The molecule has 1 saturated heterocycles. The first-order chi connectivity index (χ1) is 9.47. The van der Waals surface area contributed by atoms with Gasteiger partial charge in [-0.15, -0.1) is 0 Å². The predicted molar refractivity (Wildman–Crippen MR) is 77.5 cm³/mol. The van der Waals surface area contributed by atoms with Crippen molar-refractivity contribution in [2.24, 2.45) is 11.7 Å². The topological polar surface area (TPSA) is 79.5 Å². The number of hydrogen-bond acceptors (Lipinski definition) is 4. The molecule has 1 aliphatic heterocycles. The third kappa shape index (κ3) is 3.82. The summed E-state index contributed by atoms with van der Waals surface area (Å²) in [6.07, 6.45) is 1.99. The Balaban J connectivity index is 1.90. The predicted octanol–water partition coefficient (Wildman–Crippen LogP) is 1.45. The molecular formula is C13H17Cl2N3O2. The van der Waals surface area contributed by atoms with E-state index in [0.29, 0.717) is 16.6 Å². The molecule has 2 rings (SSSR count). The summed E-state index contributed by atoms with van der Waals surface area (Å²) in [4.78, 5) is 17.4. The average Bonchev–Trinajstić information content (AvgIpc) is 2.42. The van der Waals surface area contributed by atoms with E-state index >= 15 is 0 Å². The molecule has 0 aliphatic carbocycles. The molecule has 3 N–H and O–H groups in total. The number of nitrogens with two attached hydrogens (primary N) is 1. The van der Waals surface area contributed by atoms with Gasteiger partial charge in [0, 0.05) is 12.7 Å². The molecule has 1 aromatic heterocycles. The first-order valence-corrected chi connectivity index (χ1v) is 7.22. The van der Waals surface area contributed by atoms with Gasteiger partial charge < -0.3 is 10.8 Å². The van der Waals surface area contributed by atoms with Gasteiger partial charge in [-0.2, -0.15) is 0 Å². The Morgan fingerprint density at radius 3 is 2.70 bits per heavy atom. The fourth-order valence-electron chi connectivity index (χ4n) is 2.43. The second-order valence-electron chi connectivity index (χ2n) is 5.04. The van der Waals surface area contributed by atoms with E-state index in [1.54, 1.807) is 12.3 Å². The highest BCUT2D eigenvalue weighted by molar-refractivity contribution is 6.34. The van der Waals surface area contributed by atoms with E-state index in [-0.39, 0.29) is 5.92 Å². The van der Waals surface area contributed by atoms with Crippen LogP contribution < -0.4 is 5.73 Å². The molecule has 0 aromatic carbocycles. The van der Waals surface area contributed by atoms with Crippen LogP contribution in [0.15, 0.2) is 12.3 Å². The van der Waals surface area contributed by atoms with Crippen molar-refractivity contribution in [3.8, 4) is 0 Å². The Labute approximate surface area is 127 Å². The fraction of sp³-hybridized carbons (Fsp3) is 0.538. The molecule has 0 bridgehead atoms. The number of amides is 1. The van der Waals surface area contributed by atoms with Gasteiger partial charge in [-0.05, 0) is 37.9 Å². The normalized spacial score (nSPS) is 18.9. The summed E-state index contributed by atoms with van der Waals surface area (Å²) < 4.78 is 0. The number of rotatable bonds is 4. The van der Waals surface area contributed by atoms with Crippen molar-refractivity contribution in [1.82, 2.24) is 9.88 Å². The summed E-state index contributed by atoms with van der Waals surface area (Å²) in [6, 6.07) is 1.68. The summed E-state index contributed by atoms with van der Waals surface area (Å²) >= 11 is 11.9. The summed E-state index contributed by atoms with van der Waals surface area (Å²) in [7, 11) is 0. The van der Waals surface area contributed by atoms with Crippen molar-refractivity contribution < 1.29 is 9.90 Å². The molecule has 1 unspecified atom stereocenters. The van der Waals surface area contributed by atoms with Crippen LogP contribution in [0.1, 0.15) is 18.5 Å². The van der Waals surface area contributed by atoms with Gasteiger partial charge in [0.25, 0.3) is 0 Å². The highest BCUT2D eigenvalue weighted by Crippen LogP contribution is 2.24. The van der Waals surface area contributed by atoms with Crippen LogP contribution in [0.25, 0.3) is 0 Å². The molecule has 2 heterocycles. The number of aliphatic hydroxyl groups excluding tert-OH is 1. The zero-order valence-corrected chi connectivity index (χ0v) is 12.4. The molecule has 1 atom stereocenters. The summed E-state index contributed by atoms with van der Waals surface area (Å²) in [5, 5.41) is 10.7. The highest BCUT2D eigenvalue weighted by Gasteiger charge is 2.28. The van der Waals surface area contributed by atoms with Gasteiger partial charge in [0.2, 0.25) is 5.91 Å². The van der Waals surface area contributed by atoms with E-state index in [4.69, 9.17) is 28.9 Å². The minimum atomic E-state index is -1.05. The number of primary amides is 1. The van der Waals surface area contributed by atoms with Crippen molar-refractivity contribution in [2.45, 2.75) is 25.5 Å². The lowest BCUT2D eigenvalue weighted by Gasteiger charge is -2.33. The first kappa shape index (κ1) is 15.5. The molecule has 1 aromatic rings. The van der Waals surface area contributed by atoms with E-state index < -0.39 is 12.0 Å². The van der Waals surface area contributed by atoms with Crippen LogP contribution >= 0.6 is 23.2 Å². The van der Waals surface area contributed by atoms with E-state index in [1.165, 1.54) is 0 Å². The van der Waals surface area contributed by atoms with E-state index in [0.717, 1.165) is 31.6 Å². The molecule has 110 valence electrons. The van der Waals surface area contributed by atoms with Crippen LogP contribution in [0, 0.1) is 5.92 Å². The SMILES string of the molecule is NC(=O)C(O)C1CCN(Cc2ncc(Cl)cc2Cl)CC1. The lowest BCUT2D eigenvalue weighted by atomic mass is 9.91. The van der Waals surface area contributed by atoms with Crippen molar-refractivity contribution in [1.29, 1.82) is 0 Å². The number of aromatic nitrogens is 1. The third-order valence-electron chi connectivity index (χ3n) is 3.63. The summed E-state index contributed by atoms with van der Waals surface area (Å²) in [5.41, 5.74) is 5.90. The highest BCUT2D eigenvalue weighted by atomic mass is 35.5. The maximum Gasteiger partial charge on any atom is 0.246 e. The number of hydrogen-bond donors (Lipinski definition) is 2. The van der Waals surface area contributed by atoms with Crippen LogP contribution in [0.3, 0.4) is 0 Å². The number of aliphatic hydroxyl groups is 1. The molecule has 0 saturated carbocycles. The van der Waals surface area contributed by atoms with Gasteiger partial charge in [-0.25, -0.2) is 0 Å². The third-order valence-corrected chi connectivity index (χ3v) is 4.16. The van der Waals surface area contributed by atoms with Crippen LogP contribution in [-0.4, -0.2) is 40.1 Å². The Kier molecular flexibility index (Phi) is 5.21. The second kappa shape index (κ2) is 6.72. The van der Waals surface area contributed by atoms with Crippen molar-refractivity contribution in [2.75, 3.05) is 13.1 Å². The van der Waals surface area contributed by atoms with Crippen molar-refractivity contribution >= 4 is 29.1 Å². The van der Waals surface area contributed by atoms with Crippen LogP contribution in [-0.2, 0) is 11.3 Å². The molecule has 7 heteroatoms. The number of likely N-dealkylation sites (tertiary alicyclic amines) is 1. The first-order valence-electron chi connectivity index (χ1n) is 6.47. The number of pyridine rings is 1. The smallest absolute Gasteiger partial charge is 0.246 e. The van der Waals surface area contributed by atoms with Gasteiger partial charge in [-0.1, -0.05) is 23.2 Å². The number of halogens is 2. The van der Waals surface area contributed by atoms with Crippen LogP contribution in [0.4, 0.5) is 0 Å². The maximum atomic E-state index is 11.0. The van der Waals surface area contributed by atoms with Gasteiger partial charge in [0.15, 0.2) is 0 Å². The lowest BCUT2D eigenvalue weighted by Crippen LogP contribution is -2.42. The molecule has 1 amide bonds. The van der Waals surface area contributed by atoms with E-state index in [2.05, 4.69) is 9.88 Å². The second-order valence-corrected chi connectivity index (χ2v) is 5.89. The Morgan fingerprint density at radius 2 is 2.15 bits per heavy atom. The molecule has 0 spiro atoms. The van der Waals surface area contributed by atoms with Gasteiger partial charge >= 0.3 is 0 Å². The minimum Gasteiger partial charge on any atom is -0.383 e. The van der Waals surface area contributed by atoms with E-state index in [9.17, 15) is 9.90 Å². The van der Waals surface area contributed by atoms with Gasteiger partial charge in [0.05, 0.1) is 15.7 Å². The molecule has 20 heavy (non-hydrogen) atoms. The minimum absolute atomic E-state index is 0.0580. The molecule has 0 radical (unpaired) electrons. The number of carbonyl (C=O) groups excluding carboxylic acids is 1. The van der Waals surface area contributed by atoms with Crippen LogP contribution in [0.5, 0.6) is 0 Å².